The molecule has 0 aliphatic rings. The number of carbonyl (C=O) groups excluding carboxylic acids is 1. The molecule has 0 unspecified atom stereocenters. The van der Waals surface area contributed by atoms with Crippen LogP contribution in [-0.4, -0.2) is 29.4 Å². The highest BCUT2D eigenvalue weighted by Crippen LogP contribution is 2.18. The molecule has 0 radical (unpaired) electrons. The number of benzene rings is 1. The maximum atomic E-state index is 11.5. The molecule has 0 bridgehead atoms. The number of nitrogens with one attached hydrogen (secondary N) is 1. The lowest BCUT2D eigenvalue weighted by atomic mass is 10.1. The molecule has 0 saturated carbocycles. The average Bonchev–Trinajstić information content (AvgIpc) is 2.85. The minimum absolute atomic E-state index is 0.371. The van der Waals surface area contributed by atoms with Crippen LogP contribution in [-0.2, 0) is 18.2 Å². The Hall–Kier alpha value is -2.50. The van der Waals surface area contributed by atoms with E-state index in [-0.39, 0.29) is 0 Å². The molecular formula is C14H18N4O2. The van der Waals surface area contributed by atoms with Crippen molar-refractivity contribution in [3.05, 3.63) is 41.7 Å². The fraction of sp³-hybridized carbons (Fsp3) is 0.286. The number of nitrogens with zero attached hydrogens (tertiary/aromatic N) is 2. The molecule has 2 aromatic rings. The molecular weight excluding hydrogens is 256 g/mol. The first-order chi connectivity index (χ1) is 9.60. The quantitative estimate of drug-likeness (QED) is 0.637. The van der Waals surface area contributed by atoms with Gasteiger partial charge in [0.1, 0.15) is 0 Å². The molecule has 3 N–H and O–H groups in total. The van der Waals surface area contributed by atoms with Crippen LogP contribution in [0.3, 0.4) is 0 Å². The number of carbonyl (C=O) groups is 1. The van der Waals surface area contributed by atoms with E-state index in [0.29, 0.717) is 11.3 Å². The van der Waals surface area contributed by atoms with Gasteiger partial charge in [-0.2, -0.15) is 5.10 Å². The number of ether oxygens (including phenoxy) is 1. The second-order valence-electron chi connectivity index (χ2n) is 4.45. The summed E-state index contributed by atoms with van der Waals surface area (Å²) in [5, 5.41) is 7.53. The molecule has 0 amide bonds. The standard InChI is InChI=1S/C14H18N4O2/c1-18-8-6-10(17-18)5-7-16-11-3-4-13(15)12(9-11)14(19)20-2/h3-4,6,8-9,16H,5,7,15H2,1-2H3. The number of esters is 1. The largest absolute Gasteiger partial charge is 0.465 e. The second-order valence-corrected chi connectivity index (χ2v) is 4.45. The van der Waals surface area contributed by atoms with E-state index in [1.54, 1.807) is 16.8 Å². The van der Waals surface area contributed by atoms with Crippen molar-refractivity contribution < 1.29 is 9.53 Å². The molecule has 0 aliphatic carbocycles. The Labute approximate surface area is 117 Å². The summed E-state index contributed by atoms with van der Waals surface area (Å²) in [7, 11) is 3.22. The highest BCUT2D eigenvalue weighted by molar-refractivity contribution is 5.96. The van der Waals surface area contributed by atoms with Gasteiger partial charge in [-0.05, 0) is 24.3 Å². The lowest BCUT2D eigenvalue weighted by molar-refractivity contribution is 0.0602. The van der Waals surface area contributed by atoms with Crippen LogP contribution in [0.4, 0.5) is 11.4 Å². The Kier molecular flexibility index (Phi) is 4.24. The summed E-state index contributed by atoms with van der Waals surface area (Å²) in [6.45, 7) is 0.724. The van der Waals surface area contributed by atoms with Gasteiger partial charge < -0.3 is 15.8 Å². The zero-order valence-electron chi connectivity index (χ0n) is 11.6. The number of nitrogens with two attached hydrogens (primary N) is 1. The zero-order chi connectivity index (χ0) is 14.5. The van der Waals surface area contributed by atoms with Crippen LogP contribution in [0.15, 0.2) is 30.5 Å². The molecule has 6 nitrogen and oxygen atoms in total. The molecule has 1 aromatic carbocycles. The summed E-state index contributed by atoms with van der Waals surface area (Å²) >= 11 is 0. The normalized spacial score (nSPS) is 10.3. The van der Waals surface area contributed by atoms with Gasteiger partial charge >= 0.3 is 5.97 Å². The SMILES string of the molecule is COC(=O)c1cc(NCCc2ccn(C)n2)ccc1N. The number of rotatable bonds is 5. The number of aromatic nitrogens is 2. The number of hydrogen-bond acceptors (Lipinski definition) is 5. The highest BCUT2D eigenvalue weighted by Gasteiger charge is 2.10. The predicted molar refractivity (Wildman–Crippen MR) is 77.6 cm³/mol. The van der Waals surface area contributed by atoms with E-state index >= 15 is 0 Å². The summed E-state index contributed by atoms with van der Waals surface area (Å²) in [6.07, 6.45) is 2.71. The molecule has 0 saturated heterocycles. The van der Waals surface area contributed by atoms with Gasteiger partial charge in [-0.1, -0.05) is 0 Å². The van der Waals surface area contributed by atoms with Crippen LogP contribution in [0.25, 0.3) is 0 Å². The summed E-state index contributed by atoms with van der Waals surface area (Å²) in [4.78, 5) is 11.5. The molecule has 6 heteroatoms. The Balaban J connectivity index is 1.97. The van der Waals surface area contributed by atoms with Crippen LogP contribution in [0.2, 0.25) is 0 Å². The number of aryl methyl sites for hydroxylation is 1. The van der Waals surface area contributed by atoms with Crippen LogP contribution < -0.4 is 11.1 Å². The van der Waals surface area contributed by atoms with Gasteiger partial charge in [-0.3, -0.25) is 4.68 Å². The molecule has 0 atom stereocenters. The summed E-state index contributed by atoms with van der Waals surface area (Å²) < 4.78 is 6.46. The molecule has 2 rings (SSSR count). The molecule has 0 spiro atoms. The van der Waals surface area contributed by atoms with E-state index in [1.807, 2.05) is 25.4 Å². The van der Waals surface area contributed by atoms with Gasteiger partial charge in [0.2, 0.25) is 0 Å². The van der Waals surface area contributed by atoms with Gasteiger partial charge in [0.15, 0.2) is 0 Å². The van der Waals surface area contributed by atoms with Crippen LogP contribution >= 0.6 is 0 Å². The predicted octanol–water partition coefficient (Wildman–Crippen LogP) is 1.44. The van der Waals surface area contributed by atoms with E-state index in [1.165, 1.54) is 7.11 Å². The number of nitrogen functional groups attached to an aromatic ring is 1. The second kappa shape index (κ2) is 6.10. The van der Waals surface area contributed by atoms with E-state index in [9.17, 15) is 4.79 Å². The smallest absolute Gasteiger partial charge is 0.340 e. The van der Waals surface area contributed by atoms with Crippen LogP contribution in [0, 0.1) is 0 Å². The fourth-order valence-electron chi connectivity index (χ4n) is 1.88. The lowest BCUT2D eigenvalue weighted by Gasteiger charge is -2.09. The van der Waals surface area contributed by atoms with Crippen LogP contribution in [0.1, 0.15) is 16.1 Å². The molecule has 1 aromatic heterocycles. The first-order valence-corrected chi connectivity index (χ1v) is 6.30. The number of anilines is 2. The van der Waals surface area contributed by atoms with Crippen molar-refractivity contribution in [1.82, 2.24) is 9.78 Å². The third-order valence-electron chi connectivity index (χ3n) is 2.94. The summed E-state index contributed by atoms with van der Waals surface area (Å²) in [6, 6.07) is 7.19. The minimum atomic E-state index is -0.434. The third-order valence-corrected chi connectivity index (χ3v) is 2.94. The van der Waals surface area contributed by atoms with Crippen molar-refractivity contribution in [2.75, 3.05) is 24.7 Å². The molecule has 0 fully saturated rings. The van der Waals surface area contributed by atoms with Crippen molar-refractivity contribution in [2.24, 2.45) is 7.05 Å². The third kappa shape index (κ3) is 3.28. The Morgan fingerprint density at radius 2 is 2.25 bits per heavy atom. The van der Waals surface area contributed by atoms with Gasteiger partial charge in [0.05, 0.1) is 18.4 Å². The molecule has 20 heavy (non-hydrogen) atoms. The monoisotopic (exact) mass is 274 g/mol. The molecule has 0 aliphatic heterocycles. The van der Waals surface area contributed by atoms with Gasteiger partial charge in [-0.15, -0.1) is 0 Å². The molecule has 106 valence electrons. The van der Waals surface area contributed by atoms with Crippen molar-refractivity contribution >= 4 is 17.3 Å². The van der Waals surface area contributed by atoms with Crippen molar-refractivity contribution in [2.45, 2.75) is 6.42 Å². The lowest BCUT2D eigenvalue weighted by Crippen LogP contribution is -2.09. The maximum Gasteiger partial charge on any atom is 0.340 e. The van der Waals surface area contributed by atoms with E-state index in [2.05, 4.69) is 15.2 Å². The van der Waals surface area contributed by atoms with Crippen molar-refractivity contribution in [3.8, 4) is 0 Å². The maximum absolute atomic E-state index is 11.5. The van der Waals surface area contributed by atoms with Crippen molar-refractivity contribution in [3.63, 3.8) is 0 Å². The minimum Gasteiger partial charge on any atom is -0.465 e. The van der Waals surface area contributed by atoms with Gasteiger partial charge in [0, 0.05) is 37.6 Å². The summed E-state index contributed by atoms with van der Waals surface area (Å²) in [5.41, 5.74) is 8.37. The topological polar surface area (TPSA) is 82.2 Å². The Morgan fingerprint density at radius 1 is 1.45 bits per heavy atom. The van der Waals surface area contributed by atoms with E-state index in [4.69, 9.17) is 5.73 Å². The number of hydrogen-bond donors (Lipinski definition) is 2. The van der Waals surface area contributed by atoms with Gasteiger partial charge in [-0.25, -0.2) is 4.79 Å². The highest BCUT2D eigenvalue weighted by atomic mass is 16.5. The molecule has 1 heterocycles. The fourth-order valence-corrected chi connectivity index (χ4v) is 1.88. The van der Waals surface area contributed by atoms with E-state index in [0.717, 1.165) is 24.3 Å². The van der Waals surface area contributed by atoms with Crippen LogP contribution in [0.5, 0.6) is 0 Å². The van der Waals surface area contributed by atoms with Crippen molar-refractivity contribution in [1.29, 1.82) is 0 Å². The Bertz CT molecular complexity index is 607. The zero-order valence-corrected chi connectivity index (χ0v) is 11.6. The first-order valence-electron chi connectivity index (χ1n) is 6.30. The average molecular weight is 274 g/mol. The summed E-state index contributed by atoms with van der Waals surface area (Å²) in [5.74, 6) is -0.434. The van der Waals surface area contributed by atoms with Gasteiger partial charge in [0.25, 0.3) is 0 Å². The van der Waals surface area contributed by atoms with E-state index < -0.39 is 5.97 Å². The number of methoxy groups -OCH3 is 1. The Morgan fingerprint density at radius 3 is 2.90 bits per heavy atom. The first kappa shape index (κ1) is 13.9.